The van der Waals surface area contributed by atoms with Gasteiger partial charge in [-0.3, -0.25) is 0 Å². The number of para-hydroxylation sites is 1. The summed E-state index contributed by atoms with van der Waals surface area (Å²) in [5.41, 5.74) is 2.07. The maximum absolute atomic E-state index is 12.3. The van der Waals surface area contributed by atoms with Gasteiger partial charge < -0.3 is 20.5 Å². The van der Waals surface area contributed by atoms with Crippen LogP contribution in [0, 0.1) is 6.92 Å². The van der Waals surface area contributed by atoms with Gasteiger partial charge in [0.1, 0.15) is 17.7 Å². The van der Waals surface area contributed by atoms with Gasteiger partial charge in [0, 0.05) is 12.2 Å². The number of anilines is 3. The van der Waals surface area contributed by atoms with E-state index in [1.165, 1.54) is 6.33 Å². The summed E-state index contributed by atoms with van der Waals surface area (Å²) in [6, 6.07) is 7.68. The monoisotopic (exact) mass is 316 g/mol. The number of esters is 1. The number of hydrogen-bond donors (Lipinski definition) is 3. The first-order chi connectivity index (χ1) is 11.2. The minimum atomic E-state index is -0.523. The molecule has 7 heteroatoms. The second-order valence-electron chi connectivity index (χ2n) is 4.76. The third-order valence-corrected chi connectivity index (χ3v) is 3.13. The van der Waals surface area contributed by atoms with Crippen LogP contribution in [0.1, 0.15) is 22.8 Å². The predicted molar refractivity (Wildman–Crippen MR) is 88.0 cm³/mol. The molecule has 0 bridgehead atoms. The van der Waals surface area contributed by atoms with Crippen molar-refractivity contribution in [2.45, 2.75) is 13.8 Å². The van der Waals surface area contributed by atoms with Crippen LogP contribution in [0.5, 0.6) is 0 Å². The number of rotatable bonds is 7. The van der Waals surface area contributed by atoms with Crippen molar-refractivity contribution in [1.29, 1.82) is 0 Å². The van der Waals surface area contributed by atoms with Crippen LogP contribution in [0.2, 0.25) is 0 Å². The van der Waals surface area contributed by atoms with E-state index in [1.54, 1.807) is 6.92 Å². The van der Waals surface area contributed by atoms with Gasteiger partial charge in [-0.25, -0.2) is 14.8 Å². The number of aromatic nitrogens is 2. The number of nitrogens with zero attached hydrogens (tertiary/aromatic N) is 2. The fourth-order valence-electron chi connectivity index (χ4n) is 2.03. The lowest BCUT2D eigenvalue weighted by Gasteiger charge is -2.15. The van der Waals surface area contributed by atoms with Crippen LogP contribution in [-0.2, 0) is 4.74 Å². The van der Waals surface area contributed by atoms with E-state index in [1.807, 2.05) is 31.2 Å². The largest absolute Gasteiger partial charge is 0.462 e. The molecule has 0 saturated heterocycles. The molecule has 0 fully saturated rings. The Hall–Kier alpha value is -2.67. The van der Waals surface area contributed by atoms with Gasteiger partial charge >= 0.3 is 5.97 Å². The van der Waals surface area contributed by atoms with Gasteiger partial charge in [0.2, 0.25) is 0 Å². The zero-order chi connectivity index (χ0) is 16.7. The summed E-state index contributed by atoms with van der Waals surface area (Å²) in [7, 11) is 0. The van der Waals surface area contributed by atoms with Crippen molar-refractivity contribution in [2.24, 2.45) is 0 Å². The third kappa shape index (κ3) is 4.17. The van der Waals surface area contributed by atoms with Gasteiger partial charge in [-0.1, -0.05) is 18.2 Å². The van der Waals surface area contributed by atoms with E-state index in [4.69, 9.17) is 9.84 Å². The van der Waals surface area contributed by atoms with Crippen LogP contribution < -0.4 is 10.6 Å². The molecule has 0 aliphatic rings. The average molecular weight is 316 g/mol. The molecule has 1 heterocycles. The maximum Gasteiger partial charge on any atom is 0.345 e. The average Bonchev–Trinajstić information content (AvgIpc) is 2.55. The lowest BCUT2D eigenvalue weighted by Crippen LogP contribution is -2.16. The SMILES string of the molecule is CCOC(=O)c1c(NCCO)ncnc1Nc1ccccc1C. The van der Waals surface area contributed by atoms with Crippen LogP contribution in [0.4, 0.5) is 17.3 Å². The minimum absolute atomic E-state index is 0.0766. The van der Waals surface area contributed by atoms with Crippen LogP contribution in [-0.4, -0.2) is 40.8 Å². The highest BCUT2D eigenvalue weighted by molar-refractivity contribution is 6.00. The molecule has 2 aromatic rings. The highest BCUT2D eigenvalue weighted by Gasteiger charge is 2.20. The fraction of sp³-hybridized carbons (Fsp3) is 0.312. The maximum atomic E-state index is 12.3. The lowest BCUT2D eigenvalue weighted by molar-refractivity contribution is 0.0528. The van der Waals surface area contributed by atoms with Crippen LogP contribution in [0.3, 0.4) is 0 Å². The van der Waals surface area contributed by atoms with E-state index in [0.717, 1.165) is 11.3 Å². The molecular formula is C16H20N4O3. The van der Waals surface area contributed by atoms with E-state index in [0.29, 0.717) is 11.6 Å². The van der Waals surface area contributed by atoms with Crippen molar-refractivity contribution in [2.75, 3.05) is 30.4 Å². The van der Waals surface area contributed by atoms with Crippen LogP contribution in [0.25, 0.3) is 0 Å². The molecule has 0 amide bonds. The summed E-state index contributed by atoms with van der Waals surface area (Å²) in [4.78, 5) is 20.5. The van der Waals surface area contributed by atoms with Crippen molar-refractivity contribution < 1.29 is 14.6 Å². The van der Waals surface area contributed by atoms with Crippen molar-refractivity contribution in [3.8, 4) is 0 Å². The molecule has 0 unspecified atom stereocenters. The first kappa shape index (κ1) is 16.7. The van der Waals surface area contributed by atoms with Crippen molar-refractivity contribution in [3.63, 3.8) is 0 Å². The molecule has 0 radical (unpaired) electrons. The zero-order valence-corrected chi connectivity index (χ0v) is 13.2. The second kappa shape index (κ2) is 8.09. The van der Waals surface area contributed by atoms with Gasteiger partial charge in [0.05, 0.1) is 13.2 Å². The van der Waals surface area contributed by atoms with Gasteiger partial charge in [-0.05, 0) is 25.5 Å². The number of aliphatic hydroxyl groups excluding tert-OH is 1. The Morgan fingerprint density at radius 1 is 1.26 bits per heavy atom. The molecular weight excluding hydrogens is 296 g/mol. The standard InChI is InChI=1S/C16H20N4O3/c1-3-23-16(22)13-14(17-8-9-21)18-10-19-15(13)20-12-7-5-4-6-11(12)2/h4-7,10,21H,3,8-9H2,1-2H3,(H2,17,18,19,20). The number of benzene rings is 1. The van der Waals surface area contributed by atoms with Gasteiger partial charge in [-0.15, -0.1) is 0 Å². The molecule has 0 spiro atoms. The molecule has 3 N–H and O–H groups in total. The predicted octanol–water partition coefficient (Wildman–Crippen LogP) is 2.11. The van der Waals surface area contributed by atoms with Gasteiger partial charge in [-0.2, -0.15) is 0 Å². The molecule has 1 aromatic heterocycles. The Morgan fingerprint density at radius 3 is 2.70 bits per heavy atom. The molecule has 0 atom stereocenters. The van der Waals surface area contributed by atoms with Crippen LogP contribution >= 0.6 is 0 Å². The summed E-state index contributed by atoms with van der Waals surface area (Å²) < 4.78 is 5.10. The van der Waals surface area contributed by atoms with E-state index in [-0.39, 0.29) is 25.3 Å². The van der Waals surface area contributed by atoms with E-state index in [9.17, 15) is 4.79 Å². The summed E-state index contributed by atoms with van der Waals surface area (Å²) in [5, 5.41) is 15.0. The van der Waals surface area contributed by atoms with Gasteiger partial charge in [0.15, 0.2) is 5.82 Å². The summed E-state index contributed by atoms with van der Waals surface area (Å²) >= 11 is 0. The molecule has 0 aliphatic heterocycles. The molecule has 1 aromatic carbocycles. The first-order valence-electron chi connectivity index (χ1n) is 7.36. The third-order valence-electron chi connectivity index (χ3n) is 3.13. The quantitative estimate of drug-likeness (QED) is 0.673. The Morgan fingerprint density at radius 2 is 2.00 bits per heavy atom. The van der Waals surface area contributed by atoms with E-state index >= 15 is 0 Å². The number of hydrogen-bond acceptors (Lipinski definition) is 7. The second-order valence-corrected chi connectivity index (χ2v) is 4.76. The molecule has 7 nitrogen and oxygen atoms in total. The highest BCUT2D eigenvalue weighted by Crippen LogP contribution is 2.25. The Kier molecular flexibility index (Phi) is 5.87. The lowest BCUT2D eigenvalue weighted by atomic mass is 10.2. The zero-order valence-electron chi connectivity index (χ0n) is 13.2. The number of aryl methyl sites for hydroxylation is 1. The summed E-state index contributed by atoms with van der Waals surface area (Å²) in [5.74, 6) is 0.154. The topological polar surface area (TPSA) is 96.4 Å². The first-order valence-corrected chi connectivity index (χ1v) is 7.36. The fourth-order valence-corrected chi connectivity index (χ4v) is 2.03. The summed E-state index contributed by atoms with van der Waals surface area (Å²) in [6.07, 6.45) is 1.35. The van der Waals surface area contributed by atoms with Crippen LogP contribution in [0.15, 0.2) is 30.6 Å². The number of nitrogens with one attached hydrogen (secondary N) is 2. The summed E-state index contributed by atoms with van der Waals surface area (Å²) in [6.45, 7) is 4.13. The van der Waals surface area contributed by atoms with Crippen molar-refractivity contribution >= 4 is 23.3 Å². The Balaban J connectivity index is 2.41. The molecule has 2 rings (SSSR count). The normalized spacial score (nSPS) is 10.2. The van der Waals surface area contributed by atoms with E-state index < -0.39 is 5.97 Å². The molecule has 0 saturated carbocycles. The number of aliphatic hydroxyl groups is 1. The van der Waals surface area contributed by atoms with Crippen molar-refractivity contribution in [1.82, 2.24) is 9.97 Å². The van der Waals surface area contributed by atoms with Crippen molar-refractivity contribution in [3.05, 3.63) is 41.7 Å². The molecule has 0 aliphatic carbocycles. The van der Waals surface area contributed by atoms with E-state index in [2.05, 4.69) is 20.6 Å². The number of carbonyl (C=O) groups is 1. The smallest absolute Gasteiger partial charge is 0.345 e. The van der Waals surface area contributed by atoms with Gasteiger partial charge in [0.25, 0.3) is 0 Å². The molecule has 23 heavy (non-hydrogen) atoms. The Labute approximate surface area is 134 Å². The number of ether oxygens (including phenoxy) is 1. The minimum Gasteiger partial charge on any atom is -0.462 e. The Bertz CT molecular complexity index is 676. The number of carbonyl (C=O) groups excluding carboxylic acids is 1. The molecule has 122 valence electrons. The highest BCUT2D eigenvalue weighted by atomic mass is 16.5.